The summed E-state index contributed by atoms with van der Waals surface area (Å²) in [6.07, 6.45) is 1.54. The Bertz CT molecular complexity index is 1050. The number of carbonyl (C=O) groups excluding carboxylic acids is 2. The van der Waals surface area contributed by atoms with Gasteiger partial charge in [-0.2, -0.15) is 0 Å². The predicted octanol–water partition coefficient (Wildman–Crippen LogP) is 4.13. The third kappa shape index (κ3) is 4.52. The van der Waals surface area contributed by atoms with Crippen molar-refractivity contribution in [2.75, 3.05) is 5.32 Å². The van der Waals surface area contributed by atoms with E-state index in [1.807, 2.05) is 25.1 Å². The van der Waals surface area contributed by atoms with Crippen molar-refractivity contribution in [2.45, 2.75) is 19.9 Å². The Kier molecular flexibility index (Phi) is 6.09. The minimum atomic E-state index is -0.807. The zero-order chi connectivity index (χ0) is 21.1. The van der Waals surface area contributed by atoms with Crippen LogP contribution in [0.25, 0.3) is 6.08 Å². The molecular formula is C20H17N3O4S2. The van der Waals surface area contributed by atoms with Crippen LogP contribution < -0.4 is 5.32 Å². The van der Waals surface area contributed by atoms with Gasteiger partial charge >= 0.3 is 0 Å². The fourth-order valence-electron chi connectivity index (χ4n) is 2.76. The van der Waals surface area contributed by atoms with Gasteiger partial charge < -0.3 is 5.32 Å². The Morgan fingerprint density at radius 2 is 2.00 bits per heavy atom. The normalized spacial score (nSPS) is 16.2. The highest BCUT2D eigenvalue weighted by molar-refractivity contribution is 8.26. The molecule has 7 nitrogen and oxygen atoms in total. The predicted molar refractivity (Wildman–Crippen MR) is 117 cm³/mol. The number of thioether (sulfide) groups is 1. The summed E-state index contributed by atoms with van der Waals surface area (Å²) in [5.41, 5.74) is 2.02. The minimum absolute atomic E-state index is 0.0693. The lowest BCUT2D eigenvalue weighted by atomic mass is 10.1. The van der Waals surface area contributed by atoms with E-state index >= 15 is 0 Å². The second kappa shape index (κ2) is 8.54. The van der Waals surface area contributed by atoms with Crippen molar-refractivity contribution in [1.29, 1.82) is 0 Å². The third-order valence-corrected chi connectivity index (χ3v) is 5.70. The van der Waals surface area contributed by atoms with Crippen molar-refractivity contribution < 1.29 is 14.5 Å². The van der Waals surface area contributed by atoms with E-state index < -0.39 is 16.9 Å². The Hall–Kier alpha value is -3.04. The Morgan fingerprint density at radius 1 is 1.28 bits per heavy atom. The highest BCUT2D eigenvalue weighted by Crippen LogP contribution is 2.34. The van der Waals surface area contributed by atoms with Crippen LogP contribution in [0.4, 0.5) is 11.4 Å². The first-order chi connectivity index (χ1) is 13.8. The number of benzene rings is 2. The fraction of sp³-hybridized carbons (Fsp3) is 0.150. The van der Waals surface area contributed by atoms with E-state index in [9.17, 15) is 19.7 Å². The molecule has 1 aliphatic rings. The fourth-order valence-corrected chi connectivity index (χ4v) is 4.18. The van der Waals surface area contributed by atoms with E-state index in [4.69, 9.17) is 12.2 Å². The molecule has 0 spiro atoms. The number of rotatable bonds is 5. The summed E-state index contributed by atoms with van der Waals surface area (Å²) >= 11 is 6.37. The molecule has 0 saturated carbocycles. The Morgan fingerprint density at radius 3 is 2.69 bits per heavy atom. The second-order valence-corrected chi connectivity index (χ2v) is 8.06. The van der Waals surface area contributed by atoms with Crippen LogP contribution in [-0.4, -0.2) is 32.0 Å². The van der Waals surface area contributed by atoms with Gasteiger partial charge in [0.2, 0.25) is 5.91 Å². The number of carbonyl (C=O) groups is 2. The number of nitrogens with one attached hydrogen (secondary N) is 1. The third-order valence-electron chi connectivity index (χ3n) is 4.37. The van der Waals surface area contributed by atoms with Gasteiger partial charge in [0, 0.05) is 17.8 Å². The van der Waals surface area contributed by atoms with Gasteiger partial charge in [0.1, 0.15) is 10.4 Å². The van der Waals surface area contributed by atoms with E-state index in [0.29, 0.717) is 16.2 Å². The van der Waals surface area contributed by atoms with Crippen molar-refractivity contribution in [3.05, 3.63) is 74.7 Å². The van der Waals surface area contributed by atoms with Crippen molar-refractivity contribution in [3.63, 3.8) is 0 Å². The summed E-state index contributed by atoms with van der Waals surface area (Å²) in [5.74, 6) is -0.758. The quantitative estimate of drug-likeness (QED) is 0.334. The number of nitro benzene ring substituents is 1. The van der Waals surface area contributed by atoms with Crippen molar-refractivity contribution in [2.24, 2.45) is 0 Å². The zero-order valence-corrected chi connectivity index (χ0v) is 17.3. The summed E-state index contributed by atoms with van der Waals surface area (Å²) in [5, 5.41) is 13.8. The molecule has 29 heavy (non-hydrogen) atoms. The van der Waals surface area contributed by atoms with Gasteiger partial charge in [-0.3, -0.25) is 24.6 Å². The summed E-state index contributed by atoms with van der Waals surface area (Å²) in [7, 11) is 0. The first-order valence-electron chi connectivity index (χ1n) is 8.66. The van der Waals surface area contributed by atoms with Crippen LogP contribution in [0.5, 0.6) is 0 Å². The number of anilines is 1. The number of nitro groups is 1. The molecule has 1 saturated heterocycles. The number of non-ortho nitro benzene ring substituents is 1. The van der Waals surface area contributed by atoms with E-state index in [2.05, 4.69) is 5.32 Å². The first kappa shape index (κ1) is 20.7. The molecule has 1 unspecified atom stereocenters. The molecule has 0 bridgehead atoms. The zero-order valence-electron chi connectivity index (χ0n) is 15.6. The number of hydrogen-bond acceptors (Lipinski definition) is 6. The maximum atomic E-state index is 12.8. The molecule has 2 aromatic rings. The molecule has 1 N–H and O–H groups in total. The summed E-state index contributed by atoms with van der Waals surface area (Å²) in [6, 6.07) is 12.5. The van der Waals surface area contributed by atoms with Gasteiger partial charge in [-0.25, -0.2) is 0 Å². The number of amides is 2. The van der Waals surface area contributed by atoms with E-state index in [-0.39, 0.29) is 15.9 Å². The monoisotopic (exact) mass is 427 g/mol. The number of nitrogens with zero attached hydrogens (tertiary/aromatic N) is 2. The van der Waals surface area contributed by atoms with E-state index in [0.717, 1.165) is 17.3 Å². The average Bonchev–Trinajstić information content (AvgIpc) is 2.96. The minimum Gasteiger partial charge on any atom is -0.324 e. The Balaban J connectivity index is 1.79. The molecule has 1 fully saturated rings. The molecular weight excluding hydrogens is 410 g/mol. The lowest BCUT2D eigenvalue weighted by molar-refractivity contribution is -0.384. The lowest BCUT2D eigenvalue weighted by Gasteiger charge is -2.22. The summed E-state index contributed by atoms with van der Waals surface area (Å²) in [4.78, 5) is 37.5. The topological polar surface area (TPSA) is 92.6 Å². The largest absolute Gasteiger partial charge is 0.324 e. The van der Waals surface area contributed by atoms with Crippen LogP contribution in [0.2, 0.25) is 0 Å². The molecule has 1 atom stereocenters. The average molecular weight is 428 g/mol. The van der Waals surface area contributed by atoms with Crippen molar-refractivity contribution in [3.8, 4) is 0 Å². The molecule has 9 heteroatoms. The SMILES string of the molecule is Cc1ccccc1NC(=O)C(C)N1C(=O)/C(=C/c2cccc([N+](=O)[O-])c2)SC1=S. The molecule has 0 radical (unpaired) electrons. The van der Waals surface area contributed by atoms with Crippen LogP contribution in [0.3, 0.4) is 0 Å². The Labute approximate surface area is 176 Å². The maximum Gasteiger partial charge on any atom is 0.270 e. The molecule has 148 valence electrons. The van der Waals surface area contributed by atoms with Crippen LogP contribution in [-0.2, 0) is 9.59 Å². The van der Waals surface area contributed by atoms with Gasteiger partial charge in [-0.05, 0) is 37.1 Å². The second-order valence-electron chi connectivity index (χ2n) is 6.38. The molecule has 1 heterocycles. The number of para-hydroxylation sites is 1. The van der Waals surface area contributed by atoms with Crippen molar-refractivity contribution >= 4 is 57.6 Å². The van der Waals surface area contributed by atoms with E-state index in [1.54, 1.807) is 25.1 Å². The van der Waals surface area contributed by atoms with Crippen LogP contribution in [0.1, 0.15) is 18.1 Å². The highest BCUT2D eigenvalue weighted by Gasteiger charge is 2.38. The van der Waals surface area contributed by atoms with Crippen LogP contribution in [0, 0.1) is 17.0 Å². The summed E-state index contributed by atoms with van der Waals surface area (Å²) < 4.78 is 0.263. The number of aryl methyl sites for hydroxylation is 1. The lowest BCUT2D eigenvalue weighted by Crippen LogP contribution is -2.44. The van der Waals surface area contributed by atoms with Gasteiger partial charge in [-0.15, -0.1) is 0 Å². The van der Waals surface area contributed by atoms with Gasteiger partial charge in [-0.1, -0.05) is 54.3 Å². The van der Waals surface area contributed by atoms with Crippen LogP contribution in [0.15, 0.2) is 53.4 Å². The highest BCUT2D eigenvalue weighted by atomic mass is 32.2. The standard InChI is InChI=1S/C20H17N3O4S2/c1-12-6-3-4-9-16(12)21-18(24)13(2)22-19(25)17(29-20(22)28)11-14-7-5-8-15(10-14)23(26)27/h3-11,13H,1-2H3,(H,21,24)/b17-11-. The molecule has 0 aromatic heterocycles. The molecule has 2 aromatic carbocycles. The van der Waals surface area contributed by atoms with Gasteiger partial charge in [0.25, 0.3) is 11.6 Å². The van der Waals surface area contributed by atoms with Crippen LogP contribution >= 0.6 is 24.0 Å². The molecule has 1 aliphatic heterocycles. The van der Waals surface area contributed by atoms with E-state index in [1.165, 1.54) is 23.1 Å². The number of hydrogen-bond donors (Lipinski definition) is 1. The smallest absolute Gasteiger partial charge is 0.270 e. The van der Waals surface area contributed by atoms with Gasteiger partial charge in [0.05, 0.1) is 9.83 Å². The number of thiocarbonyl (C=S) groups is 1. The molecule has 3 rings (SSSR count). The summed E-state index contributed by atoms with van der Waals surface area (Å²) in [6.45, 7) is 3.48. The first-order valence-corrected chi connectivity index (χ1v) is 9.88. The maximum absolute atomic E-state index is 12.8. The molecule has 0 aliphatic carbocycles. The van der Waals surface area contributed by atoms with Gasteiger partial charge in [0.15, 0.2) is 0 Å². The molecule has 2 amide bonds. The van der Waals surface area contributed by atoms with Crippen molar-refractivity contribution in [1.82, 2.24) is 4.90 Å².